The predicted molar refractivity (Wildman–Crippen MR) is 100 cm³/mol. The lowest BCUT2D eigenvalue weighted by Gasteiger charge is -2.31. The maximum atomic E-state index is 12.1. The first-order chi connectivity index (χ1) is 12.0. The normalized spacial score (nSPS) is 13.6. The maximum Gasteiger partial charge on any atom is 0.407 e. The molecule has 0 heterocycles. The van der Waals surface area contributed by atoms with Crippen molar-refractivity contribution in [2.45, 2.75) is 52.6 Å². The van der Waals surface area contributed by atoms with Crippen LogP contribution < -0.4 is 15.8 Å². The van der Waals surface area contributed by atoms with E-state index in [0.29, 0.717) is 29.8 Å². The Bertz CT molecular complexity index is 639. The molecular formula is C19H30N2O5. The first-order valence-corrected chi connectivity index (χ1v) is 8.65. The van der Waals surface area contributed by atoms with Gasteiger partial charge in [-0.3, -0.25) is 4.79 Å². The van der Waals surface area contributed by atoms with Crippen molar-refractivity contribution in [3.8, 4) is 5.75 Å². The van der Waals surface area contributed by atoms with Gasteiger partial charge >= 0.3 is 12.1 Å². The number of hydrogen-bond donors (Lipinski definition) is 3. The molecule has 1 unspecified atom stereocenters. The number of anilines is 1. The van der Waals surface area contributed by atoms with E-state index in [1.807, 2.05) is 6.92 Å². The number of aliphatic carboxylic acids is 1. The summed E-state index contributed by atoms with van der Waals surface area (Å²) >= 11 is 0. The fourth-order valence-electron chi connectivity index (χ4n) is 2.83. The van der Waals surface area contributed by atoms with Gasteiger partial charge in [-0.1, -0.05) is 13.3 Å². The highest BCUT2D eigenvalue weighted by molar-refractivity contribution is 5.77. The number of benzene rings is 1. The van der Waals surface area contributed by atoms with Crippen molar-refractivity contribution in [1.82, 2.24) is 5.32 Å². The summed E-state index contributed by atoms with van der Waals surface area (Å²) in [5, 5.41) is 12.5. The van der Waals surface area contributed by atoms with Gasteiger partial charge < -0.3 is 25.6 Å². The molecule has 0 saturated carbocycles. The van der Waals surface area contributed by atoms with E-state index in [4.69, 9.17) is 15.2 Å². The number of nitrogens with two attached hydrogens (primary N) is 1. The van der Waals surface area contributed by atoms with Gasteiger partial charge in [0.1, 0.15) is 11.4 Å². The highest BCUT2D eigenvalue weighted by Gasteiger charge is 2.39. The standard InChI is InChI=1S/C19H30N2O5/c1-6-9-19(16(22)23,12-21-17(24)26-18(2,3)4)11-13-10-14(20)7-8-15(13)25-5/h7-8,10H,6,9,11-12,20H2,1-5H3,(H,21,24)(H,22,23). The molecule has 1 aromatic carbocycles. The third-order valence-electron chi connectivity index (χ3n) is 3.99. The summed E-state index contributed by atoms with van der Waals surface area (Å²) in [6.45, 7) is 7.10. The number of nitrogen functional groups attached to an aromatic ring is 1. The van der Waals surface area contributed by atoms with Crippen LogP contribution in [-0.4, -0.2) is 36.4 Å². The molecule has 0 aliphatic carbocycles. The van der Waals surface area contributed by atoms with Crippen molar-refractivity contribution in [3.63, 3.8) is 0 Å². The number of ether oxygens (including phenoxy) is 2. The van der Waals surface area contributed by atoms with E-state index in [1.54, 1.807) is 39.0 Å². The van der Waals surface area contributed by atoms with Crippen LogP contribution in [0.2, 0.25) is 0 Å². The largest absolute Gasteiger partial charge is 0.496 e. The molecule has 1 amide bonds. The fourth-order valence-corrected chi connectivity index (χ4v) is 2.83. The third kappa shape index (κ3) is 6.13. The van der Waals surface area contributed by atoms with Gasteiger partial charge in [0, 0.05) is 12.2 Å². The second kappa shape index (κ2) is 8.78. The molecule has 26 heavy (non-hydrogen) atoms. The number of rotatable bonds is 8. The Morgan fingerprint density at radius 1 is 1.27 bits per heavy atom. The molecule has 0 bridgehead atoms. The molecule has 0 radical (unpaired) electrons. The van der Waals surface area contributed by atoms with Crippen molar-refractivity contribution in [3.05, 3.63) is 23.8 Å². The zero-order valence-electron chi connectivity index (χ0n) is 16.2. The third-order valence-corrected chi connectivity index (χ3v) is 3.99. The number of methoxy groups -OCH3 is 1. The first-order valence-electron chi connectivity index (χ1n) is 8.65. The van der Waals surface area contributed by atoms with Crippen molar-refractivity contribution < 1.29 is 24.2 Å². The van der Waals surface area contributed by atoms with Gasteiger partial charge in [-0.05, 0) is 57.4 Å². The van der Waals surface area contributed by atoms with Gasteiger partial charge in [-0.2, -0.15) is 0 Å². The summed E-state index contributed by atoms with van der Waals surface area (Å²) in [7, 11) is 1.52. The van der Waals surface area contributed by atoms with Crippen LogP contribution in [0.15, 0.2) is 18.2 Å². The van der Waals surface area contributed by atoms with E-state index < -0.39 is 23.1 Å². The molecule has 7 heteroatoms. The number of hydrogen-bond acceptors (Lipinski definition) is 5. The van der Waals surface area contributed by atoms with Crippen molar-refractivity contribution in [2.75, 3.05) is 19.4 Å². The van der Waals surface area contributed by atoms with Gasteiger partial charge in [0.15, 0.2) is 0 Å². The Morgan fingerprint density at radius 2 is 1.92 bits per heavy atom. The Morgan fingerprint density at radius 3 is 2.42 bits per heavy atom. The van der Waals surface area contributed by atoms with E-state index in [2.05, 4.69) is 5.32 Å². The van der Waals surface area contributed by atoms with E-state index in [1.165, 1.54) is 7.11 Å². The molecule has 0 aliphatic heterocycles. The number of carboxylic acid groups (broad SMARTS) is 1. The molecule has 1 atom stereocenters. The van der Waals surface area contributed by atoms with E-state index in [9.17, 15) is 14.7 Å². The topological polar surface area (TPSA) is 111 Å². The maximum absolute atomic E-state index is 12.1. The molecule has 1 rings (SSSR count). The minimum absolute atomic E-state index is 0.0525. The van der Waals surface area contributed by atoms with Gasteiger partial charge in [0.2, 0.25) is 0 Å². The van der Waals surface area contributed by atoms with Crippen molar-refractivity contribution >= 4 is 17.7 Å². The average Bonchev–Trinajstić information content (AvgIpc) is 2.51. The summed E-state index contributed by atoms with van der Waals surface area (Å²) in [4.78, 5) is 24.1. The van der Waals surface area contributed by atoms with Crippen LogP contribution >= 0.6 is 0 Å². The SMILES string of the molecule is CCCC(CNC(=O)OC(C)(C)C)(Cc1cc(N)ccc1OC)C(=O)O. The Kier molecular flexibility index (Phi) is 7.29. The zero-order chi connectivity index (χ0) is 20.0. The highest BCUT2D eigenvalue weighted by atomic mass is 16.6. The minimum Gasteiger partial charge on any atom is -0.496 e. The monoisotopic (exact) mass is 366 g/mol. The van der Waals surface area contributed by atoms with Crippen LogP contribution in [0, 0.1) is 5.41 Å². The second-order valence-electron chi connectivity index (χ2n) is 7.44. The smallest absolute Gasteiger partial charge is 0.407 e. The Balaban J connectivity index is 3.09. The van der Waals surface area contributed by atoms with Crippen molar-refractivity contribution in [1.29, 1.82) is 0 Å². The van der Waals surface area contributed by atoms with E-state index in [-0.39, 0.29) is 13.0 Å². The van der Waals surface area contributed by atoms with Crippen LogP contribution in [0.25, 0.3) is 0 Å². The Hall–Kier alpha value is -2.44. The van der Waals surface area contributed by atoms with Gasteiger partial charge in [0.05, 0.1) is 12.5 Å². The second-order valence-corrected chi connectivity index (χ2v) is 7.44. The van der Waals surface area contributed by atoms with Crippen molar-refractivity contribution in [2.24, 2.45) is 5.41 Å². The fraction of sp³-hybridized carbons (Fsp3) is 0.579. The van der Waals surface area contributed by atoms with E-state index >= 15 is 0 Å². The zero-order valence-corrected chi connectivity index (χ0v) is 16.2. The number of amides is 1. The van der Waals surface area contributed by atoms with Gasteiger partial charge in [-0.25, -0.2) is 4.79 Å². The lowest BCUT2D eigenvalue weighted by molar-refractivity contribution is -0.149. The van der Waals surface area contributed by atoms with Crippen LogP contribution in [0.5, 0.6) is 5.75 Å². The van der Waals surface area contributed by atoms with Crippen LogP contribution in [0.1, 0.15) is 46.1 Å². The summed E-state index contributed by atoms with van der Waals surface area (Å²) in [5.74, 6) is -0.418. The highest BCUT2D eigenvalue weighted by Crippen LogP contribution is 2.33. The van der Waals surface area contributed by atoms with E-state index in [0.717, 1.165) is 0 Å². The van der Waals surface area contributed by atoms with Crippen LogP contribution in [-0.2, 0) is 16.0 Å². The first kappa shape index (κ1) is 21.6. The van der Waals surface area contributed by atoms with Gasteiger partial charge in [0.25, 0.3) is 0 Å². The molecule has 4 N–H and O–H groups in total. The van der Waals surface area contributed by atoms with Crippen LogP contribution in [0.3, 0.4) is 0 Å². The molecule has 0 spiro atoms. The molecule has 0 aromatic heterocycles. The van der Waals surface area contributed by atoms with Crippen LogP contribution in [0.4, 0.5) is 10.5 Å². The summed E-state index contributed by atoms with van der Waals surface area (Å²) in [5.41, 5.74) is 5.22. The lowest BCUT2D eigenvalue weighted by Crippen LogP contribution is -2.46. The molecule has 0 saturated heterocycles. The Labute approximate surface area is 154 Å². The minimum atomic E-state index is -1.19. The molecule has 1 aromatic rings. The van der Waals surface area contributed by atoms with Gasteiger partial charge in [-0.15, -0.1) is 0 Å². The number of nitrogens with one attached hydrogen (secondary N) is 1. The summed E-state index contributed by atoms with van der Waals surface area (Å²) in [6, 6.07) is 5.12. The molecular weight excluding hydrogens is 336 g/mol. The molecule has 146 valence electrons. The molecule has 0 aliphatic rings. The number of carbonyl (C=O) groups is 2. The lowest BCUT2D eigenvalue weighted by atomic mass is 9.77. The summed E-state index contributed by atoms with van der Waals surface area (Å²) in [6.07, 6.45) is 0.571. The molecule has 0 fully saturated rings. The number of carbonyl (C=O) groups excluding carboxylic acids is 1. The number of carboxylic acids is 1. The number of alkyl carbamates (subject to hydrolysis) is 1. The predicted octanol–water partition coefficient (Wildman–Crippen LogP) is 3.22. The quantitative estimate of drug-likeness (QED) is 0.609. The average molecular weight is 366 g/mol. The summed E-state index contributed by atoms with van der Waals surface area (Å²) < 4.78 is 10.6. The molecule has 7 nitrogen and oxygen atoms in total.